The van der Waals surface area contributed by atoms with Gasteiger partial charge >= 0.3 is 0 Å². The van der Waals surface area contributed by atoms with Gasteiger partial charge < -0.3 is 4.74 Å². The first-order valence-corrected chi connectivity index (χ1v) is 7.95. The maximum Gasteiger partial charge on any atom is 0.123 e. The lowest BCUT2D eigenvalue weighted by molar-refractivity contribution is 0.397. The molecule has 3 nitrogen and oxygen atoms in total. The zero-order valence-electron chi connectivity index (χ0n) is 10.2. The molecular weight excluding hydrogens is 271 g/mol. The summed E-state index contributed by atoms with van der Waals surface area (Å²) in [7, 11) is 1.59. The van der Waals surface area contributed by atoms with Crippen molar-refractivity contribution in [1.82, 2.24) is 5.43 Å². The number of nitrogens with two attached hydrogens (primary N) is 1. The molecule has 1 aliphatic rings. The summed E-state index contributed by atoms with van der Waals surface area (Å²) in [6.07, 6.45) is 0. The van der Waals surface area contributed by atoms with Gasteiger partial charge in [-0.15, -0.1) is 0 Å². The number of ether oxygens (including phenoxy) is 1. The highest BCUT2D eigenvalue weighted by Crippen LogP contribution is 2.36. The minimum atomic E-state index is -0.264. The van der Waals surface area contributed by atoms with Gasteiger partial charge in [-0.05, 0) is 18.2 Å². The predicted octanol–water partition coefficient (Wildman–Crippen LogP) is 2.19. The second-order valence-corrected chi connectivity index (χ2v) is 6.51. The minimum Gasteiger partial charge on any atom is -0.496 e. The average Bonchev–Trinajstić information content (AvgIpc) is 2.41. The molecule has 1 aliphatic heterocycles. The van der Waals surface area contributed by atoms with Crippen molar-refractivity contribution in [3.63, 3.8) is 0 Å². The summed E-state index contributed by atoms with van der Waals surface area (Å²) in [5.41, 5.74) is 3.60. The highest BCUT2D eigenvalue weighted by Gasteiger charge is 2.27. The molecule has 1 saturated heterocycles. The molecule has 2 unspecified atom stereocenters. The molecule has 2 atom stereocenters. The quantitative estimate of drug-likeness (QED) is 0.657. The van der Waals surface area contributed by atoms with Gasteiger partial charge in [0.1, 0.15) is 11.6 Å². The van der Waals surface area contributed by atoms with Crippen LogP contribution in [0.25, 0.3) is 0 Å². The van der Waals surface area contributed by atoms with Crippen LogP contribution in [0.15, 0.2) is 18.2 Å². The second kappa shape index (κ2) is 6.65. The molecule has 6 heteroatoms. The third-order valence-electron chi connectivity index (χ3n) is 2.92. The molecule has 1 fully saturated rings. The van der Waals surface area contributed by atoms with Crippen molar-refractivity contribution in [3.05, 3.63) is 29.6 Å². The Morgan fingerprint density at radius 3 is 2.94 bits per heavy atom. The molecule has 1 aromatic carbocycles. The Hall–Kier alpha value is -0.430. The van der Waals surface area contributed by atoms with Gasteiger partial charge in [-0.25, -0.2) is 4.39 Å². The summed E-state index contributed by atoms with van der Waals surface area (Å²) in [6.45, 7) is 0. The van der Waals surface area contributed by atoms with Crippen LogP contribution in [0.1, 0.15) is 11.6 Å². The smallest absolute Gasteiger partial charge is 0.123 e. The lowest BCUT2D eigenvalue weighted by Crippen LogP contribution is -2.38. The molecule has 0 radical (unpaired) electrons. The van der Waals surface area contributed by atoms with Crippen molar-refractivity contribution in [1.29, 1.82) is 0 Å². The summed E-state index contributed by atoms with van der Waals surface area (Å²) in [6, 6.07) is 4.46. The van der Waals surface area contributed by atoms with Crippen LogP contribution in [0.4, 0.5) is 4.39 Å². The number of hydrogen-bond donors (Lipinski definition) is 2. The molecule has 0 aliphatic carbocycles. The number of hydrazine groups is 1. The van der Waals surface area contributed by atoms with Gasteiger partial charge in [0, 0.05) is 28.1 Å². The van der Waals surface area contributed by atoms with Crippen LogP contribution in [0.3, 0.4) is 0 Å². The van der Waals surface area contributed by atoms with E-state index in [1.54, 1.807) is 13.2 Å². The maximum atomic E-state index is 13.4. The first kappa shape index (κ1) is 14.0. The summed E-state index contributed by atoms with van der Waals surface area (Å²) >= 11 is 3.78. The van der Waals surface area contributed by atoms with Crippen molar-refractivity contribution in [3.8, 4) is 5.75 Å². The molecule has 1 aromatic rings. The first-order chi connectivity index (χ1) is 8.76. The van der Waals surface area contributed by atoms with Crippen molar-refractivity contribution < 1.29 is 9.13 Å². The number of rotatable bonds is 4. The number of nitrogens with one attached hydrogen (secondary N) is 1. The number of methoxy groups -OCH3 is 1. The highest BCUT2D eigenvalue weighted by atomic mass is 32.2. The zero-order chi connectivity index (χ0) is 13.0. The second-order valence-electron chi connectivity index (χ2n) is 4.01. The molecule has 18 heavy (non-hydrogen) atoms. The van der Waals surface area contributed by atoms with Crippen LogP contribution >= 0.6 is 23.5 Å². The monoisotopic (exact) mass is 288 g/mol. The van der Waals surface area contributed by atoms with E-state index >= 15 is 0 Å². The number of hydrogen-bond acceptors (Lipinski definition) is 5. The normalized spacial score (nSPS) is 21.6. The van der Waals surface area contributed by atoms with Crippen LogP contribution in [0.2, 0.25) is 0 Å². The third kappa shape index (κ3) is 3.12. The van der Waals surface area contributed by atoms with E-state index in [-0.39, 0.29) is 11.9 Å². The third-order valence-corrected chi connectivity index (χ3v) is 5.78. The van der Waals surface area contributed by atoms with Gasteiger partial charge in [-0.2, -0.15) is 23.5 Å². The van der Waals surface area contributed by atoms with Gasteiger partial charge in [0.15, 0.2) is 0 Å². The summed E-state index contributed by atoms with van der Waals surface area (Å²) in [4.78, 5) is 0. The van der Waals surface area contributed by atoms with E-state index in [0.717, 1.165) is 17.1 Å². The van der Waals surface area contributed by atoms with Crippen LogP contribution < -0.4 is 16.0 Å². The molecule has 0 spiro atoms. The molecule has 0 amide bonds. The molecule has 0 bridgehead atoms. The van der Waals surface area contributed by atoms with Crippen molar-refractivity contribution in [2.45, 2.75) is 11.3 Å². The Morgan fingerprint density at radius 1 is 1.50 bits per heavy atom. The predicted molar refractivity (Wildman–Crippen MR) is 76.6 cm³/mol. The van der Waals surface area contributed by atoms with Gasteiger partial charge in [0.05, 0.1) is 13.2 Å². The van der Waals surface area contributed by atoms with Crippen molar-refractivity contribution in [2.75, 3.05) is 24.4 Å². The molecule has 1 heterocycles. The maximum absolute atomic E-state index is 13.4. The Morgan fingerprint density at radius 2 is 2.33 bits per heavy atom. The molecule has 100 valence electrons. The fourth-order valence-corrected chi connectivity index (χ4v) is 4.89. The Kier molecular flexibility index (Phi) is 5.17. The summed E-state index contributed by atoms with van der Waals surface area (Å²) < 4.78 is 18.7. The topological polar surface area (TPSA) is 47.3 Å². The fraction of sp³-hybridized carbons (Fsp3) is 0.500. The number of thioether (sulfide) groups is 2. The van der Waals surface area contributed by atoms with Crippen LogP contribution in [0, 0.1) is 5.82 Å². The standard InChI is InChI=1S/C12H17FN2OS2/c1-16-10-3-2-8(13)6-9(10)12(15-14)11-7-17-4-5-18-11/h2-3,6,11-12,15H,4-5,7,14H2,1H3. The zero-order valence-corrected chi connectivity index (χ0v) is 11.8. The van der Waals surface area contributed by atoms with E-state index in [1.807, 2.05) is 23.5 Å². The van der Waals surface area contributed by atoms with Gasteiger partial charge in [0.25, 0.3) is 0 Å². The Balaban J connectivity index is 2.27. The first-order valence-electron chi connectivity index (χ1n) is 5.75. The number of halogens is 1. The lowest BCUT2D eigenvalue weighted by Gasteiger charge is -2.30. The van der Waals surface area contributed by atoms with E-state index in [9.17, 15) is 4.39 Å². The van der Waals surface area contributed by atoms with Gasteiger partial charge in [-0.3, -0.25) is 11.3 Å². The number of benzene rings is 1. The van der Waals surface area contributed by atoms with Gasteiger partial charge in [-0.1, -0.05) is 0 Å². The molecule has 2 rings (SSSR count). The highest BCUT2D eigenvalue weighted by molar-refractivity contribution is 8.06. The average molecular weight is 288 g/mol. The van der Waals surface area contributed by atoms with Crippen LogP contribution in [-0.2, 0) is 0 Å². The summed E-state index contributed by atoms with van der Waals surface area (Å²) in [5.74, 6) is 9.35. The van der Waals surface area contributed by atoms with Crippen LogP contribution in [0.5, 0.6) is 5.75 Å². The van der Waals surface area contributed by atoms with Gasteiger partial charge in [0.2, 0.25) is 0 Å². The van der Waals surface area contributed by atoms with E-state index in [0.29, 0.717) is 11.0 Å². The Labute approximate surface area is 115 Å². The van der Waals surface area contributed by atoms with E-state index in [4.69, 9.17) is 10.6 Å². The summed E-state index contributed by atoms with van der Waals surface area (Å²) in [5, 5.41) is 0.337. The molecule has 0 aromatic heterocycles. The van der Waals surface area contributed by atoms with Crippen molar-refractivity contribution in [2.24, 2.45) is 5.84 Å². The molecule has 0 saturated carbocycles. The van der Waals surface area contributed by atoms with Crippen molar-refractivity contribution >= 4 is 23.5 Å². The molecule has 3 N–H and O–H groups in total. The van der Waals surface area contributed by atoms with Crippen LogP contribution in [-0.4, -0.2) is 29.6 Å². The fourth-order valence-electron chi connectivity index (χ4n) is 2.04. The lowest BCUT2D eigenvalue weighted by atomic mass is 10.0. The van der Waals surface area contributed by atoms with E-state index < -0.39 is 0 Å². The molecular formula is C12H17FN2OS2. The Bertz CT molecular complexity index is 400. The minimum absolute atomic E-state index is 0.0894. The van der Waals surface area contributed by atoms with E-state index in [1.165, 1.54) is 17.9 Å². The SMILES string of the molecule is COc1ccc(F)cc1C(NN)C1CSCCS1. The largest absolute Gasteiger partial charge is 0.496 e. The van der Waals surface area contributed by atoms with E-state index in [2.05, 4.69) is 5.43 Å².